The minimum absolute atomic E-state index is 0.203. The molecular weight excluding hydrogens is 238 g/mol. The van der Waals surface area contributed by atoms with Crippen molar-refractivity contribution < 1.29 is 9.53 Å². The molecule has 0 aromatic heterocycles. The van der Waals surface area contributed by atoms with E-state index in [0.29, 0.717) is 13.1 Å². The Morgan fingerprint density at radius 3 is 2.47 bits per heavy atom. The molecule has 0 N–H and O–H groups in total. The third-order valence-corrected chi connectivity index (χ3v) is 2.41. The highest BCUT2D eigenvalue weighted by Crippen LogP contribution is 2.09. The van der Waals surface area contributed by atoms with Crippen molar-refractivity contribution in [1.82, 2.24) is 4.90 Å². The van der Waals surface area contributed by atoms with Crippen molar-refractivity contribution in [3.05, 3.63) is 48.6 Å². The molecule has 0 spiro atoms. The summed E-state index contributed by atoms with van der Waals surface area (Å²) in [6, 6.07) is 10.1. The van der Waals surface area contributed by atoms with Crippen LogP contribution in [-0.4, -0.2) is 29.6 Å². The quantitative estimate of drug-likeness (QED) is 0.582. The number of carbonyl (C=O) groups is 1. The number of nitrogens with zero attached hydrogens (tertiary/aromatic N) is 1. The Morgan fingerprint density at radius 1 is 1.32 bits per heavy atom. The van der Waals surface area contributed by atoms with E-state index in [1.165, 1.54) is 5.56 Å². The van der Waals surface area contributed by atoms with Crippen LogP contribution in [0.25, 0.3) is 0 Å². The molecule has 0 aliphatic carbocycles. The second-order valence-electron chi connectivity index (χ2n) is 5.53. The summed E-state index contributed by atoms with van der Waals surface area (Å²) in [4.78, 5) is 13.8. The van der Waals surface area contributed by atoms with E-state index in [0.717, 1.165) is 0 Å². The van der Waals surface area contributed by atoms with Gasteiger partial charge in [0.1, 0.15) is 5.60 Å². The lowest BCUT2D eigenvalue weighted by Gasteiger charge is -2.24. The zero-order valence-electron chi connectivity index (χ0n) is 12.1. The van der Waals surface area contributed by atoms with E-state index in [4.69, 9.17) is 4.74 Å². The molecule has 0 fully saturated rings. The lowest BCUT2D eigenvalue weighted by atomic mass is 10.2. The van der Waals surface area contributed by atoms with Crippen LogP contribution < -0.4 is 0 Å². The van der Waals surface area contributed by atoms with Crippen LogP contribution >= 0.6 is 0 Å². The summed E-state index contributed by atoms with van der Waals surface area (Å²) in [6.45, 7) is 11.0. The maximum Gasteiger partial charge on any atom is 0.320 e. The van der Waals surface area contributed by atoms with Gasteiger partial charge in [0.2, 0.25) is 0 Å². The van der Waals surface area contributed by atoms with Crippen molar-refractivity contribution >= 4 is 5.97 Å². The fourth-order valence-corrected chi connectivity index (χ4v) is 1.77. The molecule has 0 atom stereocenters. The first-order chi connectivity index (χ1) is 8.90. The Morgan fingerprint density at radius 2 is 1.95 bits per heavy atom. The number of rotatable bonds is 6. The Balaban J connectivity index is 2.58. The zero-order chi connectivity index (χ0) is 14.3. The van der Waals surface area contributed by atoms with E-state index < -0.39 is 5.60 Å². The third kappa shape index (κ3) is 6.77. The van der Waals surface area contributed by atoms with Gasteiger partial charge in [-0.2, -0.15) is 0 Å². The summed E-state index contributed by atoms with van der Waals surface area (Å²) in [7, 11) is 0. The average molecular weight is 261 g/mol. The number of ether oxygens (including phenoxy) is 1. The molecule has 19 heavy (non-hydrogen) atoms. The average Bonchev–Trinajstić information content (AvgIpc) is 2.27. The van der Waals surface area contributed by atoms with Gasteiger partial charge in [-0.25, -0.2) is 0 Å². The fraction of sp³-hybridized carbons (Fsp3) is 0.438. The second kappa shape index (κ2) is 7.10. The van der Waals surface area contributed by atoms with Crippen molar-refractivity contribution in [3.63, 3.8) is 0 Å². The van der Waals surface area contributed by atoms with Crippen LogP contribution in [-0.2, 0) is 16.1 Å². The lowest BCUT2D eigenvalue weighted by molar-refractivity contribution is -0.156. The maximum atomic E-state index is 11.8. The van der Waals surface area contributed by atoms with Gasteiger partial charge in [-0.3, -0.25) is 9.69 Å². The SMILES string of the molecule is C=CCN(CC(=O)OC(C)(C)C)Cc1ccccc1. The van der Waals surface area contributed by atoms with Gasteiger partial charge in [0.15, 0.2) is 0 Å². The molecule has 0 amide bonds. The molecule has 104 valence electrons. The molecule has 0 unspecified atom stereocenters. The van der Waals surface area contributed by atoms with E-state index in [1.807, 2.05) is 56.0 Å². The summed E-state index contributed by atoms with van der Waals surface area (Å²) in [5.74, 6) is -0.203. The molecule has 1 aromatic carbocycles. The summed E-state index contributed by atoms with van der Waals surface area (Å²) in [5, 5.41) is 0. The highest BCUT2D eigenvalue weighted by Gasteiger charge is 2.18. The summed E-state index contributed by atoms with van der Waals surface area (Å²) in [5.41, 5.74) is 0.733. The molecule has 1 aromatic rings. The van der Waals surface area contributed by atoms with Gasteiger partial charge in [0, 0.05) is 13.1 Å². The summed E-state index contributed by atoms with van der Waals surface area (Å²) < 4.78 is 5.34. The van der Waals surface area contributed by atoms with Gasteiger partial charge in [-0.05, 0) is 26.3 Å². The molecule has 0 radical (unpaired) electrons. The highest BCUT2D eigenvalue weighted by atomic mass is 16.6. The van der Waals surface area contributed by atoms with Crippen LogP contribution in [0.5, 0.6) is 0 Å². The Kier molecular flexibility index (Phi) is 5.77. The number of benzene rings is 1. The largest absolute Gasteiger partial charge is 0.459 e. The van der Waals surface area contributed by atoms with Crippen LogP contribution in [0.4, 0.5) is 0 Å². The fourth-order valence-electron chi connectivity index (χ4n) is 1.77. The monoisotopic (exact) mass is 261 g/mol. The Labute approximate surface area is 115 Å². The van der Waals surface area contributed by atoms with Gasteiger partial charge in [0.25, 0.3) is 0 Å². The first kappa shape index (κ1) is 15.4. The molecule has 0 aliphatic rings. The summed E-state index contributed by atoms with van der Waals surface area (Å²) in [6.07, 6.45) is 1.80. The normalized spacial score (nSPS) is 11.4. The topological polar surface area (TPSA) is 29.5 Å². The summed E-state index contributed by atoms with van der Waals surface area (Å²) >= 11 is 0. The number of esters is 1. The highest BCUT2D eigenvalue weighted by molar-refractivity contribution is 5.72. The van der Waals surface area contributed by atoms with E-state index in [-0.39, 0.29) is 12.5 Å². The van der Waals surface area contributed by atoms with Crippen LogP contribution in [0.15, 0.2) is 43.0 Å². The number of hydrogen-bond acceptors (Lipinski definition) is 3. The molecule has 0 saturated carbocycles. The van der Waals surface area contributed by atoms with Gasteiger partial charge in [-0.1, -0.05) is 36.4 Å². The van der Waals surface area contributed by atoms with Crippen molar-refractivity contribution in [2.75, 3.05) is 13.1 Å². The van der Waals surface area contributed by atoms with Crippen LogP contribution in [0.1, 0.15) is 26.3 Å². The predicted molar refractivity (Wildman–Crippen MR) is 77.8 cm³/mol. The van der Waals surface area contributed by atoms with E-state index >= 15 is 0 Å². The zero-order valence-corrected chi connectivity index (χ0v) is 12.1. The molecule has 0 heterocycles. The first-order valence-electron chi connectivity index (χ1n) is 6.50. The predicted octanol–water partition coefficient (Wildman–Crippen LogP) is 3.02. The van der Waals surface area contributed by atoms with Crippen molar-refractivity contribution in [2.45, 2.75) is 32.9 Å². The molecular formula is C16H23NO2. The maximum absolute atomic E-state index is 11.8. The van der Waals surface area contributed by atoms with Gasteiger partial charge >= 0.3 is 5.97 Å². The van der Waals surface area contributed by atoms with E-state index in [2.05, 4.69) is 6.58 Å². The van der Waals surface area contributed by atoms with Crippen LogP contribution in [0.2, 0.25) is 0 Å². The molecule has 3 heteroatoms. The van der Waals surface area contributed by atoms with Gasteiger partial charge < -0.3 is 4.74 Å². The minimum atomic E-state index is -0.441. The van der Waals surface area contributed by atoms with Crippen molar-refractivity contribution in [1.29, 1.82) is 0 Å². The number of carbonyl (C=O) groups excluding carboxylic acids is 1. The standard InChI is InChI=1S/C16H23NO2/c1-5-11-17(12-14-9-7-6-8-10-14)13-15(18)19-16(2,3)4/h5-10H,1,11-13H2,2-4H3. The van der Waals surface area contributed by atoms with Crippen molar-refractivity contribution in [2.24, 2.45) is 0 Å². The smallest absolute Gasteiger partial charge is 0.320 e. The Bertz CT molecular complexity index is 407. The number of hydrogen-bond donors (Lipinski definition) is 0. The lowest BCUT2D eigenvalue weighted by Crippen LogP contribution is -2.34. The minimum Gasteiger partial charge on any atom is -0.459 e. The van der Waals surface area contributed by atoms with Crippen molar-refractivity contribution in [3.8, 4) is 0 Å². The van der Waals surface area contributed by atoms with Crippen LogP contribution in [0, 0.1) is 0 Å². The molecule has 0 saturated heterocycles. The van der Waals surface area contributed by atoms with Crippen LogP contribution in [0.3, 0.4) is 0 Å². The first-order valence-corrected chi connectivity index (χ1v) is 6.50. The van der Waals surface area contributed by atoms with E-state index in [1.54, 1.807) is 6.08 Å². The Hall–Kier alpha value is -1.61. The second-order valence-corrected chi connectivity index (χ2v) is 5.53. The molecule has 3 nitrogen and oxygen atoms in total. The molecule has 0 bridgehead atoms. The molecule has 0 aliphatic heterocycles. The van der Waals surface area contributed by atoms with E-state index in [9.17, 15) is 4.79 Å². The van der Waals surface area contributed by atoms with Gasteiger partial charge in [-0.15, -0.1) is 6.58 Å². The van der Waals surface area contributed by atoms with Gasteiger partial charge in [0.05, 0.1) is 6.54 Å². The third-order valence-electron chi connectivity index (χ3n) is 2.41. The molecule has 1 rings (SSSR count).